The molecular formula is C8H5F2N3O2. The summed E-state index contributed by atoms with van der Waals surface area (Å²) in [5.74, 6) is 0. The van der Waals surface area contributed by atoms with Gasteiger partial charge in [-0.15, -0.1) is 0 Å². The van der Waals surface area contributed by atoms with Crippen molar-refractivity contribution in [3.05, 3.63) is 33.6 Å². The average molecular weight is 213 g/mol. The quantitative estimate of drug-likeness (QED) is 0.568. The van der Waals surface area contributed by atoms with E-state index in [1.165, 1.54) is 0 Å². The molecule has 1 rings (SSSR count). The number of alkyl halides is 2. The summed E-state index contributed by atoms with van der Waals surface area (Å²) in [5.41, 5.74) is -1.33. The van der Waals surface area contributed by atoms with Crippen LogP contribution in [-0.4, -0.2) is 9.91 Å². The van der Waals surface area contributed by atoms with Gasteiger partial charge in [0.1, 0.15) is 5.56 Å². The molecule has 5 nitrogen and oxygen atoms in total. The lowest BCUT2D eigenvalue weighted by Crippen LogP contribution is -1.99. The molecule has 0 saturated heterocycles. The van der Waals surface area contributed by atoms with Crippen LogP contribution in [0.25, 0.3) is 0 Å². The summed E-state index contributed by atoms with van der Waals surface area (Å²) in [4.78, 5) is 13.1. The number of nitrogens with zero attached hydrogens (tertiary/aromatic N) is 3. The molecule has 0 aromatic carbocycles. The summed E-state index contributed by atoms with van der Waals surface area (Å²) in [6.45, 7) is 0. The van der Waals surface area contributed by atoms with Crippen LogP contribution in [0.3, 0.4) is 0 Å². The first-order valence-corrected chi connectivity index (χ1v) is 3.84. The van der Waals surface area contributed by atoms with Crippen LogP contribution in [0.1, 0.15) is 17.7 Å². The number of pyridine rings is 1. The zero-order chi connectivity index (χ0) is 11.4. The second kappa shape index (κ2) is 4.41. The van der Waals surface area contributed by atoms with Crippen LogP contribution in [0, 0.1) is 21.4 Å². The fraction of sp³-hybridized carbons (Fsp3) is 0.250. The minimum Gasteiger partial charge on any atom is -0.259 e. The summed E-state index contributed by atoms with van der Waals surface area (Å²) in [6.07, 6.45) is -2.37. The predicted octanol–water partition coefficient (Wildman–Crippen LogP) is 1.99. The van der Waals surface area contributed by atoms with Crippen LogP contribution in [0.4, 0.5) is 14.5 Å². The molecule has 1 aromatic rings. The molecule has 0 fully saturated rings. The Morgan fingerprint density at radius 2 is 2.33 bits per heavy atom. The first-order valence-electron chi connectivity index (χ1n) is 3.84. The van der Waals surface area contributed by atoms with Gasteiger partial charge in [-0.3, -0.25) is 15.1 Å². The van der Waals surface area contributed by atoms with Gasteiger partial charge < -0.3 is 0 Å². The van der Waals surface area contributed by atoms with Crippen molar-refractivity contribution in [3.8, 4) is 6.07 Å². The molecule has 0 aliphatic carbocycles. The van der Waals surface area contributed by atoms with E-state index in [4.69, 9.17) is 5.26 Å². The van der Waals surface area contributed by atoms with Gasteiger partial charge in [0.25, 0.3) is 12.1 Å². The maximum absolute atomic E-state index is 12.3. The van der Waals surface area contributed by atoms with Gasteiger partial charge in [0.15, 0.2) is 0 Å². The first-order chi connectivity index (χ1) is 7.06. The largest absolute Gasteiger partial charge is 0.281 e. The Morgan fingerprint density at radius 1 is 1.67 bits per heavy atom. The second-order valence-electron chi connectivity index (χ2n) is 2.63. The molecule has 0 radical (unpaired) electrons. The van der Waals surface area contributed by atoms with Gasteiger partial charge in [0, 0.05) is 12.3 Å². The molecule has 0 spiro atoms. The lowest BCUT2D eigenvalue weighted by Gasteiger charge is -2.01. The smallest absolute Gasteiger partial charge is 0.259 e. The van der Waals surface area contributed by atoms with Gasteiger partial charge in [0.05, 0.1) is 23.1 Å². The van der Waals surface area contributed by atoms with E-state index in [1.807, 2.05) is 0 Å². The molecule has 15 heavy (non-hydrogen) atoms. The van der Waals surface area contributed by atoms with Crippen LogP contribution >= 0.6 is 0 Å². The molecular weight excluding hydrogens is 208 g/mol. The van der Waals surface area contributed by atoms with E-state index in [1.54, 1.807) is 6.07 Å². The normalized spacial score (nSPS) is 10.0. The third kappa shape index (κ3) is 2.43. The molecule has 0 aliphatic rings. The molecule has 0 amide bonds. The summed E-state index contributed by atoms with van der Waals surface area (Å²) >= 11 is 0. The highest BCUT2D eigenvalue weighted by Gasteiger charge is 2.22. The highest BCUT2D eigenvalue weighted by Crippen LogP contribution is 2.28. The zero-order valence-electron chi connectivity index (χ0n) is 7.35. The monoisotopic (exact) mass is 213 g/mol. The predicted molar refractivity (Wildman–Crippen MR) is 45.2 cm³/mol. The molecule has 0 bridgehead atoms. The summed E-state index contributed by atoms with van der Waals surface area (Å²) in [6, 6.07) is 2.62. The molecule has 0 unspecified atom stereocenters. The van der Waals surface area contributed by atoms with Crippen molar-refractivity contribution in [1.82, 2.24) is 4.98 Å². The lowest BCUT2D eigenvalue weighted by atomic mass is 10.2. The summed E-state index contributed by atoms with van der Waals surface area (Å²) < 4.78 is 24.6. The van der Waals surface area contributed by atoms with Crippen LogP contribution < -0.4 is 0 Å². The van der Waals surface area contributed by atoms with Crippen molar-refractivity contribution < 1.29 is 13.7 Å². The number of nitro groups is 1. The van der Waals surface area contributed by atoms with E-state index >= 15 is 0 Å². The van der Waals surface area contributed by atoms with E-state index in [0.29, 0.717) is 0 Å². The number of halogens is 2. The maximum atomic E-state index is 12.3. The van der Waals surface area contributed by atoms with Gasteiger partial charge in [-0.2, -0.15) is 5.26 Å². The third-order valence-corrected chi connectivity index (χ3v) is 1.66. The number of hydrogen-bond donors (Lipinski definition) is 0. The minimum absolute atomic E-state index is 0.105. The highest BCUT2D eigenvalue weighted by molar-refractivity contribution is 5.41. The molecule has 1 heterocycles. The topological polar surface area (TPSA) is 79.8 Å². The number of nitriles is 1. The fourth-order valence-electron chi connectivity index (χ4n) is 1.00. The molecule has 0 N–H and O–H groups in total. The lowest BCUT2D eigenvalue weighted by molar-refractivity contribution is -0.386. The zero-order valence-corrected chi connectivity index (χ0v) is 7.35. The Labute approximate surface area is 83.1 Å². The average Bonchev–Trinajstić information content (AvgIpc) is 2.17. The SMILES string of the molecule is N#CCc1cc([N+](=O)[O-])c(C(F)F)cn1. The van der Waals surface area contributed by atoms with Crippen LogP contribution in [0.2, 0.25) is 0 Å². The Bertz CT molecular complexity index is 428. The van der Waals surface area contributed by atoms with Gasteiger partial charge in [0.2, 0.25) is 0 Å². The Hall–Kier alpha value is -2.10. The van der Waals surface area contributed by atoms with Crippen molar-refractivity contribution in [1.29, 1.82) is 5.26 Å². The van der Waals surface area contributed by atoms with Crippen LogP contribution in [0.15, 0.2) is 12.3 Å². The Kier molecular flexibility index (Phi) is 3.23. The molecule has 0 aliphatic heterocycles. The van der Waals surface area contributed by atoms with Crippen LogP contribution in [0.5, 0.6) is 0 Å². The first kappa shape index (κ1) is 11.0. The minimum atomic E-state index is -2.95. The summed E-state index contributed by atoms with van der Waals surface area (Å²) in [7, 11) is 0. The standard InChI is InChI=1S/C8H5F2N3O2/c9-8(10)6-4-12-5(1-2-11)3-7(6)13(14)15/h3-4,8H,1H2. The second-order valence-corrected chi connectivity index (χ2v) is 2.63. The molecule has 78 valence electrons. The Morgan fingerprint density at radius 3 is 2.80 bits per heavy atom. The molecule has 7 heteroatoms. The highest BCUT2D eigenvalue weighted by atomic mass is 19.3. The fourth-order valence-corrected chi connectivity index (χ4v) is 1.00. The van der Waals surface area contributed by atoms with Crippen molar-refractivity contribution >= 4 is 5.69 Å². The Balaban J connectivity index is 3.22. The van der Waals surface area contributed by atoms with Gasteiger partial charge in [-0.05, 0) is 0 Å². The van der Waals surface area contributed by atoms with Crippen molar-refractivity contribution in [2.75, 3.05) is 0 Å². The van der Waals surface area contributed by atoms with E-state index in [2.05, 4.69) is 4.98 Å². The molecule has 0 atom stereocenters. The van der Waals surface area contributed by atoms with Gasteiger partial charge >= 0.3 is 0 Å². The van der Waals surface area contributed by atoms with E-state index in [0.717, 1.165) is 12.3 Å². The van der Waals surface area contributed by atoms with Crippen LogP contribution in [-0.2, 0) is 6.42 Å². The number of aromatic nitrogens is 1. The molecule has 0 saturated carbocycles. The van der Waals surface area contributed by atoms with Crippen molar-refractivity contribution in [3.63, 3.8) is 0 Å². The number of rotatable bonds is 3. The van der Waals surface area contributed by atoms with Gasteiger partial charge in [-0.25, -0.2) is 8.78 Å². The van der Waals surface area contributed by atoms with E-state index in [-0.39, 0.29) is 12.1 Å². The van der Waals surface area contributed by atoms with Crippen molar-refractivity contribution in [2.24, 2.45) is 0 Å². The third-order valence-electron chi connectivity index (χ3n) is 1.66. The van der Waals surface area contributed by atoms with Crippen molar-refractivity contribution in [2.45, 2.75) is 12.8 Å². The molecule has 1 aromatic heterocycles. The number of hydrogen-bond acceptors (Lipinski definition) is 4. The van der Waals surface area contributed by atoms with E-state index < -0.39 is 22.6 Å². The van der Waals surface area contributed by atoms with E-state index in [9.17, 15) is 18.9 Å². The summed E-state index contributed by atoms with van der Waals surface area (Å²) in [5, 5.41) is 18.8. The van der Waals surface area contributed by atoms with Gasteiger partial charge in [-0.1, -0.05) is 0 Å². The maximum Gasteiger partial charge on any atom is 0.281 e.